The van der Waals surface area contributed by atoms with Gasteiger partial charge in [-0.3, -0.25) is 9.10 Å². The van der Waals surface area contributed by atoms with Gasteiger partial charge in [0, 0.05) is 13.6 Å². The van der Waals surface area contributed by atoms with Crippen molar-refractivity contribution < 1.29 is 13.2 Å². The first-order valence-electron chi connectivity index (χ1n) is 8.12. The zero-order chi connectivity index (χ0) is 17.5. The van der Waals surface area contributed by atoms with E-state index in [1.165, 1.54) is 7.05 Å². The van der Waals surface area contributed by atoms with Gasteiger partial charge in [0.05, 0.1) is 17.5 Å². The van der Waals surface area contributed by atoms with E-state index in [4.69, 9.17) is 0 Å². The third-order valence-corrected chi connectivity index (χ3v) is 5.27. The highest BCUT2D eigenvalue weighted by atomic mass is 32.2. The van der Waals surface area contributed by atoms with E-state index in [0.29, 0.717) is 23.7 Å². The van der Waals surface area contributed by atoms with E-state index < -0.39 is 10.0 Å². The molecule has 1 amide bonds. The van der Waals surface area contributed by atoms with Crippen molar-refractivity contribution in [2.45, 2.75) is 39.5 Å². The largest absolute Gasteiger partial charge is 0.352 e. The molecule has 0 aliphatic heterocycles. The molecule has 0 fully saturated rings. The van der Waals surface area contributed by atoms with Crippen molar-refractivity contribution in [3.8, 4) is 0 Å². The molecule has 6 heteroatoms. The van der Waals surface area contributed by atoms with Crippen molar-refractivity contribution in [2.75, 3.05) is 24.2 Å². The molecule has 0 saturated heterocycles. The van der Waals surface area contributed by atoms with Gasteiger partial charge in [0.25, 0.3) is 5.91 Å². The van der Waals surface area contributed by atoms with E-state index in [1.54, 1.807) is 24.3 Å². The quantitative estimate of drug-likeness (QED) is 0.751. The molecule has 23 heavy (non-hydrogen) atoms. The monoisotopic (exact) mass is 340 g/mol. The molecule has 0 radical (unpaired) electrons. The SMILES string of the molecule is CCCC[C@@H](CC)CNC(=O)c1ccccc1N(C)S(C)(=O)=O. The van der Waals surface area contributed by atoms with E-state index in [1.807, 2.05) is 0 Å². The van der Waals surface area contributed by atoms with Crippen LogP contribution in [0.5, 0.6) is 0 Å². The van der Waals surface area contributed by atoms with Gasteiger partial charge in [0.15, 0.2) is 0 Å². The van der Waals surface area contributed by atoms with Crippen LogP contribution in [0.3, 0.4) is 0 Å². The number of hydrogen-bond donors (Lipinski definition) is 1. The number of anilines is 1. The second kappa shape index (κ2) is 8.91. The molecule has 0 aliphatic rings. The van der Waals surface area contributed by atoms with Crippen LogP contribution in [0.1, 0.15) is 49.9 Å². The molecule has 5 nitrogen and oxygen atoms in total. The Labute approximate surface area is 140 Å². The fourth-order valence-electron chi connectivity index (χ4n) is 2.39. The maximum Gasteiger partial charge on any atom is 0.253 e. The van der Waals surface area contributed by atoms with Crippen molar-refractivity contribution in [2.24, 2.45) is 5.92 Å². The van der Waals surface area contributed by atoms with Crippen LogP contribution in [-0.2, 0) is 10.0 Å². The van der Waals surface area contributed by atoms with Gasteiger partial charge in [0.2, 0.25) is 10.0 Å². The number of nitrogens with one attached hydrogen (secondary N) is 1. The summed E-state index contributed by atoms with van der Waals surface area (Å²) in [5.74, 6) is 0.227. The summed E-state index contributed by atoms with van der Waals surface area (Å²) in [6.45, 7) is 4.90. The van der Waals surface area contributed by atoms with Gasteiger partial charge in [-0.15, -0.1) is 0 Å². The van der Waals surface area contributed by atoms with Gasteiger partial charge < -0.3 is 5.32 Å². The molecular formula is C17H28N2O3S. The third kappa shape index (κ3) is 5.86. The van der Waals surface area contributed by atoms with Crippen LogP contribution in [0.25, 0.3) is 0 Å². The molecule has 1 atom stereocenters. The standard InChI is InChI=1S/C17H28N2O3S/c1-5-7-10-14(6-2)13-18-17(20)15-11-8-9-12-16(15)19(3)23(4,21)22/h8-9,11-12,14H,5-7,10,13H2,1-4H3,(H,18,20)/t14-/m1/s1. The molecule has 0 bridgehead atoms. The van der Waals surface area contributed by atoms with Crippen LogP contribution in [0, 0.1) is 5.92 Å². The molecular weight excluding hydrogens is 312 g/mol. The summed E-state index contributed by atoms with van der Waals surface area (Å²) in [7, 11) is -1.95. The molecule has 1 N–H and O–H groups in total. The highest BCUT2D eigenvalue weighted by Crippen LogP contribution is 2.21. The van der Waals surface area contributed by atoms with Crippen LogP contribution < -0.4 is 9.62 Å². The van der Waals surface area contributed by atoms with Gasteiger partial charge >= 0.3 is 0 Å². The van der Waals surface area contributed by atoms with Crippen molar-refractivity contribution in [3.05, 3.63) is 29.8 Å². The van der Waals surface area contributed by atoms with Crippen molar-refractivity contribution >= 4 is 21.6 Å². The number of unbranched alkanes of at least 4 members (excludes halogenated alkanes) is 1. The van der Waals surface area contributed by atoms with Gasteiger partial charge in [0.1, 0.15) is 0 Å². The molecule has 1 aromatic carbocycles. The maximum absolute atomic E-state index is 12.5. The van der Waals surface area contributed by atoms with E-state index in [-0.39, 0.29) is 5.91 Å². The van der Waals surface area contributed by atoms with Crippen molar-refractivity contribution in [1.82, 2.24) is 5.32 Å². The van der Waals surface area contributed by atoms with Crippen molar-refractivity contribution in [1.29, 1.82) is 0 Å². The lowest BCUT2D eigenvalue weighted by Crippen LogP contribution is -2.32. The number of nitrogens with zero attached hydrogens (tertiary/aromatic N) is 1. The lowest BCUT2D eigenvalue weighted by atomic mass is 9.99. The summed E-state index contributed by atoms with van der Waals surface area (Å²) in [5, 5.41) is 2.95. The Morgan fingerprint density at radius 2 is 1.91 bits per heavy atom. The second-order valence-electron chi connectivity index (χ2n) is 5.87. The molecule has 0 aromatic heterocycles. The Kier molecular flexibility index (Phi) is 7.55. The van der Waals surface area contributed by atoms with Crippen LogP contribution in [0.15, 0.2) is 24.3 Å². The normalized spacial score (nSPS) is 12.7. The number of para-hydroxylation sites is 1. The molecule has 130 valence electrons. The summed E-state index contributed by atoms with van der Waals surface area (Å²) >= 11 is 0. The minimum atomic E-state index is -3.41. The van der Waals surface area contributed by atoms with E-state index in [0.717, 1.165) is 36.2 Å². The van der Waals surface area contributed by atoms with Crippen LogP contribution >= 0.6 is 0 Å². The number of amides is 1. The average Bonchev–Trinajstić information content (AvgIpc) is 2.53. The van der Waals surface area contributed by atoms with Crippen LogP contribution in [-0.4, -0.2) is 34.2 Å². The van der Waals surface area contributed by atoms with Gasteiger partial charge in [-0.05, 0) is 24.5 Å². The molecule has 0 aliphatic carbocycles. The lowest BCUT2D eigenvalue weighted by molar-refractivity contribution is 0.0946. The van der Waals surface area contributed by atoms with Gasteiger partial charge in [-0.2, -0.15) is 0 Å². The van der Waals surface area contributed by atoms with Crippen molar-refractivity contribution in [3.63, 3.8) is 0 Å². The second-order valence-corrected chi connectivity index (χ2v) is 7.89. The molecule has 0 saturated carbocycles. The predicted molar refractivity (Wildman–Crippen MR) is 95.3 cm³/mol. The molecule has 1 aromatic rings. The zero-order valence-corrected chi connectivity index (χ0v) is 15.3. The molecule has 0 spiro atoms. The smallest absolute Gasteiger partial charge is 0.253 e. The summed E-state index contributed by atoms with van der Waals surface area (Å²) in [4.78, 5) is 12.5. The Bertz CT molecular complexity index is 614. The third-order valence-electron chi connectivity index (χ3n) is 4.08. The number of benzene rings is 1. The minimum Gasteiger partial charge on any atom is -0.352 e. The van der Waals surface area contributed by atoms with E-state index >= 15 is 0 Å². The minimum absolute atomic E-state index is 0.231. The van der Waals surface area contributed by atoms with Crippen LogP contribution in [0.4, 0.5) is 5.69 Å². The highest BCUT2D eigenvalue weighted by Gasteiger charge is 2.19. The van der Waals surface area contributed by atoms with E-state index in [2.05, 4.69) is 19.2 Å². The predicted octanol–water partition coefficient (Wildman–Crippen LogP) is 3.03. The van der Waals surface area contributed by atoms with Crippen LogP contribution in [0.2, 0.25) is 0 Å². The number of rotatable bonds is 9. The first kappa shape index (κ1) is 19.5. The zero-order valence-electron chi connectivity index (χ0n) is 14.5. The summed E-state index contributed by atoms with van der Waals surface area (Å²) < 4.78 is 24.6. The van der Waals surface area contributed by atoms with Gasteiger partial charge in [-0.1, -0.05) is 45.2 Å². The Balaban J connectivity index is 2.84. The molecule has 0 heterocycles. The fourth-order valence-corrected chi connectivity index (χ4v) is 2.91. The lowest BCUT2D eigenvalue weighted by Gasteiger charge is -2.21. The maximum atomic E-state index is 12.5. The Hall–Kier alpha value is -1.56. The first-order chi connectivity index (χ1) is 10.8. The Morgan fingerprint density at radius 3 is 2.48 bits per heavy atom. The number of carbonyl (C=O) groups is 1. The fraction of sp³-hybridized carbons (Fsp3) is 0.588. The average molecular weight is 340 g/mol. The van der Waals surface area contributed by atoms with Gasteiger partial charge in [-0.25, -0.2) is 8.42 Å². The summed E-state index contributed by atoms with van der Waals surface area (Å²) in [5.41, 5.74) is 0.778. The number of hydrogen-bond acceptors (Lipinski definition) is 3. The molecule has 1 rings (SSSR count). The number of sulfonamides is 1. The molecule has 0 unspecified atom stereocenters. The topological polar surface area (TPSA) is 66.5 Å². The Morgan fingerprint density at radius 1 is 1.26 bits per heavy atom. The highest BCUT2D eigenvalue weighted by molar-refractivity contribution is 7.92. The first-order valence-corrected chi connectivity index (χ1v) is 9.97. The number of carbonyl (C=O) groups excluding carboxylic acids is 1. The van der Waals surface area contributed by atoms with E-state index in [9.17, 15) is 13.2 Å². The summed E-state index contributed by atoms with van der Waals surface area (Å²) in [6.07, 6.45) is 5.54. The summed E-state index contributed by atoms with van der Waals surface area (Å²) in [6, 6.07) is 6.76.